The van der Waals surface area contributed by atoms with E-state index in [0.717, 1.165) is 5.56 Å². The lowest BCUT2D eigenvalue weighted by atomic mass is 9.86. The number of hydrogen-bond acceptors (Lipinski definition) is 4. The molecule has 0 aromatic heterocycles. The van der Waals surface area contributed by atoms with Crippen LogP contribution in [0.2, 0.25) is 0 Å². The predicted molar refractivity (Wildman–Crippen MR) is 53.1 cm³/mol. The van der Waals surface area contributed by atoms with Crippen LogP contribution >= 0.6 is 0 Å². The molecule has 0 bridgehead atoms. The SMILES string of the molecule is CC(C)(/C=N\O)c1ccc(O)c(O)c1. The monoisotopic (exact) mass is 195 g/mol. The Bertz CT molecular complexity index is 358. The zero-order chi connectivity index (χ0) is 10.8. The van der Waals surface area contributed by atoms with Crippen LogP contribution in [0.25, 0.3) is 0 Å². The van der Waals surface area contributed by atoms with Gasteiger partial charge in [0.25, 0.3) is 0 Å². The zero-order valence-electron chi connectivity index (χ0n) is 8.10. The van der Waals surface area contributed by atoms with Crippen LogP contribution in [-0.2, 0) is 5.41 Å². The normalized spacial score (nSPS) is 12.1. The fraction of sp³-hybridized carbons (Fsp3) is 0.300. The molecule has 14 heavy (non-hydrogen) atoms. The van der Waals surface area contributed by atoms with Gasteiger partial charge in [-0.1, -0.05) is 19.9 Å². The van der Waals surface area contributed by atoms with Crippen molar-refractivity contribution in [3.8, 4) is 11.5 Å². The standard InChI is InChI=1S/C10H13NO3/c1-10(2,6-11-14)7-3-4-8(12)9(13)5-7/h3-6,12-14H,1-2H3/b11-6-. The van der Waals surface area contributed by atoms with Crippen LogP contribution in [0, 0.1) is 0 Å². The van der Waals surface area contributed by atoms with E-state index in [-0.39, 0.29) is 11.5 Å². The summed E-state index contributed by atoms with van der Waals surface area (Å²) in [7, 11) is 0. The molecular weight excluding hydrogens is 182 g/mol. The minimum absolute atomic E-state index is 0.162. The fourth-order valence-electron chi connectivity index (χ4n) is 1.14. The van der Waals surface area contributed by atoms with Gasteiger partial charge in [0, 0.05) is 5.41 Å². The molecule has 4 heteroatoms. The Morgan fingerprint density at radius 3 is 2.36 bits per heavy atom. The topological polar surface area (TPSA) is 73.1 Å². The lowest BCUT2D eigenvalue weighted by Crippen LogP contribution is -2.18. The average Bonchev–Trinajstić information content (AvgIpc) is 2.09. The van der Waals surface area contributed by atoms with E-state index >= 15 is 0 Å². The molecule has 0 radical (unpaired) electrons. The Hall–Kier alpha value is -1.71. The Balaban J connectivity index is 3.14. The maximum Gasteiger partial charge on any atom is 0.157 e. The highest BCUT2D eigenvalue weighted by Gasteiger charge is 2.19. The van der Waals surface area contributed by atoms with Gasteiger partial charge in [-0.3, -0.25) is 0 Å². The third kappa shape index (κ3) is 1.96. The van der Waals surface area contributed by atoms with Gasteiger partial charge in [0.05, 0.1) is 6.21 Å². The molecule has 0 spiro atoms. The number of aromatic hydroxyl groups is 2. The number of phenols is 2. The van der Waals surface area contributed by atoms with E-state index in [9.17, 15) is 5.11 Å². The van der Waals surface area contributed by atoms with Crippen LogP contribution in [0.4, 0.5) is 0 Å². The van der Waals surface area contributed by atoms with Gasteiger partial charge in [-0.05, 0) is 17.7 Å². The highest BCUT2D eigenvalue weighted by atomic mass is 16.4. The molecule has 1 rings (SSSR count). The predicted octanol–water partition coefficient (Wildman–Crippen LogP) is 1.84. The van der Waals surface area contributed by atoms with E-state index in [1.165, 1.54) is 18.3 Å². The van der Waals surface area contributed by atoms with Crippen LogP contribution < -0.4 is 0 Å². The van der Waals surface area contributed by atoms with Crippen LogP contribution in [0.3, 0.4) is 0 Å². The quantitative estimate of drug-likeness (QED) is 0.292. The molecule has 0 heterocycles. The van der Waals surface area contributed by atoms with Crippen molar-refractivity contribution in [3.63, 3.8) is 0 Å². The summed E-state index contributed by atoms with van der Waals surface area (Å²) in [6.45, 7) is 3.66. The van der Waals surface area contributed by atoms with Crippen molar-refractivity contribution in [1.29, 1.82) is 0 Å². The second-order valence-electron chi connectivity index (χ2n) is 3.67. The molecule has 0 saturated heterocycles. The third-order valence-electron chi connectivity index (χ3n) is 2.10. The Morgan fingerprint density at radius 1 is 1.21 bits per heavy atom. The third-order valence-corrected chi connectivity index (χ3v) is 2.10. The molecule has 0 unspecified atom stereocenters. The number of hydrogen-bond donors (Lipinski definition) is 3. The lowest BCUT2D eigenvalue weighted by Gasteiger charge is -2.19. The summed E-state index contributed by atoms with van der Waals surface area (Å²) in [5.41, 5.74) is 0.269. The molecule has 0 aliphatic rings. The summed E-state index contributed by atoms with van der Waals surface area (Å²) < 4.78 is 0. The number of benzene rings is 1. The largest absolute Gasteiger partial charge is 0.504 e. The molecule has 0 amide bonds. The fourth-order valence-corrected chi connectivity index (χ4v) is 1.14. The highest BCUT2D eigenvalue weighted by molar-refractivity contribution is 5.72. The minimum Gasteiger partial charge on any atom is -0.504 e. The van der Waals surface area contributed by atoms with Crippen molar-refractivity contribution in [2.24, 2.45) is 5.16 Å². The van der Waals surface area contributed by atoms with Gasteiger partial charge in [0.1, 0.15) is 0 Å². The number of nitrogens with zero attached hydrogens (tertiary/aromatic N) is 1. The Morgan fingerprint density at radius 2 is 1.86 bits per heavy atom. The van der Waals surface area contributed by atoms with E-state index in [1.807, 2.05) is 13.8 Å². The molecule has 4 nitrogen and oxygen atoms in total. The van der Waals surface area contributed by atoms with E-state index < -0.39 is 5.41 Å². The number of phenolic OH excluding ortho intramolecular Hbond substituents is 2. The first-order valence-corrected chi connectivity index (χ1v) is 4.18. The molecule has 1 aromatic carbocycles. The van der Waals surface area contributed by atoms with Crippen molar-refractivity contribution in [2.75, 3.05) is 0 Å². The van der Waals surface area contributed by atoms with Crippen molar-refractivity contribution in [1.82, 2.24) is 0 Å². The summed E-state index contributed by atoms with van der Waals surface area (Å²) in [6.07, 6.45) is 1.36. The molecule has 0 saturated carbocycles. The second kappa shape index (κ2) is 3.57. The first-order chi connectivity index (χ1) is 6.47. The van der Waals surface area contributed by atoms with Gasteiger partial charge >= 0.3 is 0 Å². The number of oxime groups is 1. The van der Waals surface area contributed by atoms with Gasteiger partial charge in [0.2, 0.25) is 0 Å². The maximum atomic E-state index is 9.27. The van der Waals surface area contributed by atoms with Gasteiger partial charge in [-0.15, -0.1) is 5.16 Å². The second-order valence-corrected chi connectivity index (χ2v) is 3.67. The average molecular weight is 195 g/mol. The van der Waals surface area contributed by atoms with Gasteiger partial charge in [-0.25, -0.2) is 0 Å². The summed E-state index contributed by atoms with van der Waals surface area (Å²) in [4.78, 5) is 0. The van der Waals surface area contributed by atoms with E-state index in [1.54, 1.807) is 6.07 Å². The summed E-state index contributed by atoms with van der Waals surface area (Å²) >= 11 is 0. The van der Waals surface area contributed by atoms with E-state index in [0.29, 0.717) is 0 Å². The van der Waals surface area contributed by atoms with Crippen molar-refractivity contribution in [3.05, 3.63) is 23.8 Å². The van der Waals surface area contributed by atoms with Crippen LogP contribution in [0.15, 0.2) is 23.4 Å². The molecule has 76 valence electrons. The first-order valence-electron chi connectivity index (χ1n) is 4.18. The summed E-state index contributed by atoms with van der Waals surface area (Å²) in [5, 5.41) is 29.8. The smallest absolute Gasteiger partial charge is 0.157 e. The zero-order valence-corrected chi connectivity index (χ0v) is 8.10. The minimum atomic E-state index is -0.486. The molecular formula is C10H13NO3. The van der Waals surface area contributed by atoms with Gasteiger partial charge in [-0.2, -0.15) is 0 Å². The van der Waals surface area contributed by atoms with Crippen molar-refractivity contribution >= 4 is 6.21 Å². The Kier molecular flexibility index (Phi) is 2.65. The summed E-state index contributed by atoms with van der Waals surface area (Å²) in [6, 6.07) is 4.51. The number of rotatable bonds is 2. The summed E-state index contributed by atoms with van der Waals surface area (Å²) in [5.74, 6) is -0.340. The highest BCUT2D eigenvalue weighted by Crippen LogP contribution is 2.30. The Labute approximate surface area is 82.1 Å². The maximum absolute atomic E-state index is 9.27. The van der Waals surface area contributed by atoms with Crippen LogP contribution in [0.5, 0.6) is 11.5 Å². The van der Waals surface area contributed by atoms with Crippen LogP contribution in [-0.4, -0.2) is 21.6 Å². The van der Waals surface area contributed by atoms with E-state index in [2.05, 4.69) is 5.16 Å². The van der Waals surface area contributed by atoms with Crippen molar-refractivity contribution < 1.29 is 15.4 Å². The van der Waals surface area contributed by atoms with Crippen LogP contribution in [0.1, 0.15) is 19.4 Å². The van der Waals surface area contributed by atoms with Gasteiger partial charge < -0.3 is 15.4 Å². The molecule has 3 N–H and O–H groups in total. The molecule has 0 atom stereocenters. The molecule has 0 aliphatic heterocycles. The molecule has 0 fully saturated rings. The van der Waals surface area contributed by atoms with Crippen molar-refractivity contribution in [2.45, 2.75) is 19.3 Å². The lowest BCUT2D eigenvalue weighted by molar-refractivity contribution is 0.317. The first kappa shape index (κ1) is 10.4. The van der Waals surface area contributed by atoms with Gasteiger partial charge in [0.15, 0.2) is 11.5 Å². The molecule has 1 aromatic rings. The van der Waals surface area contributed by atoms with E-state index in [4.69, 9.17) is 10.3 Å². The molecule has 0 aliphatic carbocycles.